The molecule has 0 N–H and O–H groups in total. The number of aromatic nitrogens is 1. The SMILES string of the molecule is CC(C)(C)OC(=O)N1CCN(c2ccc(OCc3ccccc3)cn2)CC1. The molecule has 144 valence electrons. The quantitative estimate of drug-likeness (QED) is 0.822. The predicted molar refractivity (Wildman–Crippen MR) is 105 cm³/mol. The summed E-state index contributed by atoms with van der Waals surface area (Å²) in [4.78, 5) is 20.6. The monoisotopic (exact) mass is 369 g/mol. The van der Waals surface area contributed by atoms with Gasteiger partial charge in [-0.05, 0) is 38.5 Å². The van der Waals surface area contributed by atoms with Crippen molar-refractivity contribution in [1.82, 2.24) is 9.88 Å². The second-order valence-electron chi connectivity index (χ2n) is 7.58. The maximum Gasteiger partial charge on any atom is 0.410 e. The normalized spacial score (nSPS) is 14.8. The molecule has 0 aliphatic carbocycles. The lowest BCUT2D eigenvalue weighted by molar-refractivity contribution is 0.0240. The number of hydrogen-bond acceptors (Lipinski definition) is 5. The molecule has 2 aromatic rings. The van der Waals surface area contributed by atoms with Crippen molar-refractivity contribution >= 4 is 11.9 Å². The molecule has 3 rings (SSSR count). The summed E-state index contributed by atoms with van der Waals surface area (Å²) in [5.41, 5.74) is 0.658. The van der Waals surface area contributed by atoms with E-state index in [1.807, 2.05) is 63.2 Å². The van der Waals surface area contributed by atoms with E-state index in [4.69, 9.17) is 9.47 Å². The number of pyridine rings is 1. The molecule has 0 atom stereocenters. The average molecular weight is 369 g/mol. The van der Waals surface area contributed by atoms with E-state index in [0.29, 0.717) is 19.7 Å². The molecule has 27 heavy (non-hydrogen) atoms. The zero-order valence-corrected chi connectivity index (χ0v) is 16.2. The molecule has 1 aliphatic rings. The highest BCUT2D eigenvalue weighted by Gasteiger charge is 2.26. The van der Waals surface area contributed by atoms with Crippen molar-refractivity contribution in [1.29, 1.82) is 0 Å². The summed E-state index contributed by atoms with van der Waals surface area (Å²) in [5.74, 6) is 1.64. The Morgan fingerprint density at radius 1 is 1.04 bits per heavy atom. The van der Waals surface area contributed by atoms with Gasteiger partial charge < -0.3 is 19.3 Å². The number of hydrogen-bond donors (Lipinski definition) is 0. The van der Waals surface area contributed by atoms with E-state index in [0.717, 1.165) is 30.2 Å². The molecule has 1 aliphatic heterocycles. The summed E-state index contributed by atoms with van der Waals surface area (Å²) in [5, 5.41) is 0. The van der Waals surface area contributed by atoms with E-state index in [1.54, 1.807) is 11.1 Å². The van der Waals surface area contributed by atoms with Crippen molar-refractivity contribution in [3.63, 3.8) is 0 Å². The Balaban J connectivity index is 1.49. The molecule has 0 bridgehead atoms. The minimum atomic E-state index is -0.467. The number of benzene rings is 1. The Morgan fingerprint density at radius 3 is 2.33 bits per heavy atom. The first kappa shape index (κ1) is 19.0. The maximum absolute atomic E-state index is 12.1. The lowest BCUT2D eigenvalue weighted by Gasteiger charge is -2.36. The first-order valence-electron chi connectivity index (χ1n) is 9.26. The van der Waals surface area contributed by atoms with Crippen LogP contribution < -0.4 is 9.64 Å². The Morgan fingerprint density at radius 2 is 1.74 bits per heavy atom. The minimum absolute atomic E-state index is 0.250. The molecule has 2 heterocycles. The van der Waals surface area contributed by atoms with Gasteiger partial charge in [-0.2, -0.15) is 0 Å². The van der Waals surface area contributed by atoms with Crippen LogP contribution in [0.3, 0.4) is 0 Å². The topological polar surface area (TPSA) is 54.9 Å². The first-order valence-corrected chi connectivity index (χ1v) is 9.26. The van der Waals surface area contributed by atoms with E-state index in [1.165, 1.54) is 0 Å². The van der Waals surface area contributed by atoms with Gasteiger partial charge in [-0.3, -0.25) is 0 Å². The van der Waals surface area contributed by atoms with E-state index in [-0.39, 0.29) is 6.09 Å². The molecule has 0 saturated carbocycles. The van der Waals surface area contributed by atoms with E-state index in [9.17, 15) is 4.79 Å². The average Bonchev–Trinajstić information content (AvgIpc) is 2.66. The van der Waals surface area contributed by atoms with Crippen molar-refractivity contribution < 1.29 is 14.3 Å². The van der Waals surface area contributed by atoms with Crippen LogP contribution in [0.15, 0.2) is 48.7 Å². The van der Waals surface area contributed by atoms with Gasteiger partial charge in [-0.15, -0.1) is 0 Å². The number of carbonyl (C=O) groups excluding carboxylic acids is 1. The molecule has 6 nitrogen and oxygen atoms in total. The lowest BCUT2D eigenvalue weighted by Crippen LogP contribution is -2.50. The van der Waals surface area contributed by atoms with Crippen LogP contribution in [0.2, 0.25) is 0 Å². The molecule has 1 saturated heterocycles. The smallest absolute Gasteiger partial charge is 0.410 e. The largest absolute Gasteiger partial charge is 0.487 e. The second-order valence-corrected chi connectivity index (χ2v) is 7.58. The van der Waals surface area contributed by atoms with Gasteiger partial charge in [0.25, 0.3) is 0 Å². The highest BCUT2D eigenvalue weighted by atomic mass is 16.6. The molecule has 0 unspecified atom stereocenters. The highest BCUT2D eigenvalue weighted by Crippen LogP contribution is 2.19. The molecule has 6 heteroatoms. The van der Waals surface area contributed by atoms with Crippen LogP contribution in [0.4, 0.5) is 10.6 Å². The van der Waals surface area contributed by atoms with Crippen LogP contribution in [-0.4, -0.2) is 47.8 Å². The molecular weight excluding hydrogens is 342 g/mol. The van der Waals surface area contributed by atoms with Crippen LogP contribution in [0.1, 0.15) is 26.3 Å². The van der Waals surface area contributed by atoms with Gasteiger partial charge in [0.2, 0.25) is 0 Å². The van der Waals surface area contributed by atoms with Crippen LogP contribution in [0, 0.1) is 0 Å². The standard InChI is InChI=1S/C21H27N3O3/c1-21(2,3)27-20(25)24-13-11-23(12-14-24)19-10-9-18(15-22-19)26-16-17-7-5-4-6-8-17/h4-10,15H,11-14,16H2,1-3H3. The Labute approximate surface area is 160 Å². The van der Waals surface area contributed by atoms with Crippen molar-refractivity contribution in [2.45, 2.75) is 33.0 Å². The van der Waals surface area contributed by atoms with Gasteiger partial charge in [-0.25, -0.2) is 9.78 Å². The van der Waals surface area contributed by atoms with Crippen molar-refractivity contribution in [3.05, 3.63) is 54.2 Å². The van der Waals surface area contributed by atoms with Crippen LogP contribution >= 0.6 is 0 Å². The second kappa shape index (κ2) is 8.29. The molecule has 1 fully saturated rings. The fourth-order valence-corrected chi connectivity index (χ4v) is 2.83. The number of nitrogens with zero attached hydrogens (tertiary/aromatic N) is 3. The van der Waals surface area contributed by atoms with E-state index < -0.39 is 5.60 Å². The fourth-order valence-electron chi connectivity index (χ4n) is 2.83. The van der Waals surface area contributed by atoms with Crippen LogP contribution in [-0.2, 0) is 11.3 Å². The summed E-state index contributed by atoms with van der Waals surface area (Å²) in [6, 6.07) is 13.9. The molecule has 1 aromatic heterocycles. The predicted octanol–water partition coefficient (Wildman–Crippen LogP) is 3.72. The van der Waals surface area contributed by atoms with Crippen molar-refractivity contribution in [2.24, 2.45) is 0 Å². The Kier molecular flexibility index (Phi) is 5.84. The number of rotatable bonds is 4. The Bertz CT molecular complexity index is 734. The van der Waals surface area contributed by atoms with Crippen LogP contribution in [0.5, 0.6) is 5.75 Å². The number of anilines is 1. The third kappa shape index (κ3) is 5.61. The molecule has 0 radical (unpaired) electrons. The summed E-state index contributed by atoms with van der Waals surface area (Å²) >= 11 is 0. The van der Waals surface area contributed by atoms with Crippen LogP contribution in [0.25, 0.3) is 0 Å². The number of piperazine rings is 1. The Hall–Kier alpha value is -2.76. The zero-order valence-electron chi connectivity index (χ0n) is 16.2. The molecule has 0 spiro atoms. The summed E-state index contributed by atoms with van der Waals surface area (Å²) < 4.78 is 11.2. The zero-order chi connectivity index (χ0) is 19.3. The van der Waals surface area contributed by atoms with E-state index in [2.05, 4.69) is 9.88 Å². The van der Waals surface area contributed by atoms with Gasteiger partial charge >= 0.3 is 6.09 Å². The van der Waals surface area contributed by atoms with Gasteiger partial charge in [0, 0.05) is 26.2 Å². The summed E-state index contributed by atoms with van der Waals surface area (Å²) in [7, 11) is 0. The number of amides is 1. The molecule has 1 amide bonds. The van der Waals surface area contributed by atoms with Crippen molar-refractivity contribution in [2.75, 3.05) is 31.1 Å². The van der Waals surface area contributed by atoms with Crippen molar-refractivity contribution in [3.8, 4) is 5.75 Å². The van der Waals surface area contributed by atoms with E-state index >= 15 is 0 Å². The highest BCUT2D eigenvalue weighted by molar-refractivity contribution is 5.68. The van der Waals surface area contributed by atoms with Gasteiger partial charge in [0.05, 0.1) is 6.20 Å². The first-order chi connectivity index (χ1) is 12.9. The minimum Gasteiger partial charge on any atom is -0.487 e. The third-order valence-electron chi connectivity index (χ3n) is 4.22. The van der Waals surface area contributed by atoms with Gasteiger partial charge in [-0.1, -0.05) is 30.3 Å². The van der Waals surface area contributed by atoms with Gasteiger partial charge in [0.15, 0.2) is 0 Å². The number of ether oxygens (including phenoxy) is 2. The lowest BCUT2D eigenvalue weighted by atomic mass is 10.2. The number of carbonyl (C=O) groups is 1. The van der Waals surface area contributed by atoms with Gasteiger partial charge in [0.1, 0.15) is 23.8 Å². The summed E-state index contributed by atoms with van der Waals surface area (Å²) in [6.45, 7) is 8.89. The summed E-state index contributed by atoms with van der Waals surface area (Å²) in [6.07, 6.45) is 1.50. The molecule has 1 aromatic carbocycles. The third-order valence-corrected chi connectivity index (χ3v) is 4.22. The fraction of sp³-hybridized carbons (Fsp3) is 0.429. The maximum atomic E-state index is 12.1. The molecular formula is C21H27N3O3.